The van der Waals surface area contributed by atoms with Gasteiger partial charge in [-0.2, -0.15) is 8.78 Å². The summed E-state index contributed by atoms with van der Waals surface area (Å²) in [5, 5.41) is 9.08. The van der Waals surface area contributed by atoms with Crippen LogP contribution in [-0.4, -0.2) is 57.3 Å². The molecule has 0 spiro atoms. The van der Waals surface area contributed by atoms with E-state index in [-0.39, 0.29) is 10.6 Å². The molecule has 1 aliphatic heterocycles. The van der Waals surface area contributed by atoms with Crippen LogP contribution in [0.1, 0.15) is 5.56 Å². The normalized spacial score (nSPS) is 14.7. The van der Waals surface area contributed by atoms with E-state index in [2.05, 4.69) is 9.46 Å². The SMILES string of the molecule is Cc1ccc(NS(=O)(=O)c2cccc(OC(F)F)c2)cc1N1CCN(C(=O)O)CC1. The maximum atomic E-state index is 12.7. The molecule has 3 rings (SSSR count). The first kappa shape index (κ1) is 21.6. The van der Waals surface area contributed by atoms with Gasteiger partial charge >= 0.3 is 12.7 Å². The maximum Gasteiger partial charge on any atom is 0.407 e. The number of ether oxygens (including phenoxy) is 1. The highest BCUT2D eigenvalue weighted by atomic mass is 32.2. The molecule has 0 radical (unpaired) electrons. The van der Waals surface area contributed by atoms with Crippen molar-refractivity contribution in [1.29, 1.82) is 0 Å². The number of aryl methyl sites for hydroxylation is 1. The van der Waals surface area contributed by atoms with Crippen LogP contribution in [0.3, 0.4) is 0 Å². The average Bonchev–Trinajstić information content (AvgIpc) is 2.69. The number of amides is 1. The standard InChI is InChI=1S/C19H21F2N3O5S/c1-13-5-6-14(11-17(13)23-7-9-24(10-8-23)19(25)26)22-30(27,28)16-4-2-3-15(12-16)29-18(20)21/h2-6,11-12,18,22H,7-10H2,1H3,(H,25,26). The van der Waals surface area contributed by atoms with Crippen molar-refractivity contribution < 1.29 is 31.8 Å². The molecule has 30 heavy (non-hydrogen) atoms. The first-order valence-electron chi connectivity index (χ1n) is 9.07. The second-order valence-corrected chi connectivity index (χ2v) is 8.40. The second kappa shape index (κ2) is 8.74. The van der Waals surface area contributed by atoms with Crippen LogP contribution in [-0.2, 0) is 10.0 Å². The smallest absolute Gasteiger partial charge is 0.407 e. The molecule has 0 atom stereocenters. The number of alkyl halides is 2. The molecule has 8 nitrogen and oxygen atoms in total. The highest BCUT2D eigenvalue weighted by Crippen LogP contribution is 2.28. The molecule has 1 heterocycles. The Balaban J connectivity index is 1.79. The summed E-state index contributed by atoms with van der Waals surface area (Å²) in [5.74, 6) is -0.256. The molecule has 2 aromatic carbocycles. The summed E-state index contributed by atoms with van der Waals surface area (Å²) in [5.41, 5.74) is 2.00. The van der Waals surface area contributed by atoms with Crippen molar-refractivity contribution in [2.75, 3.05) is 35.8 Å². The Morgan fingerprint density at radius 1 is 1.13 bits per heavy atom. The van der Waals surface area contributed by atoms with Crippen molar-refractivity contribution in [2.45, 2.75) is 18.4 Å². The van der Waals surface area contributed by atoms with Gasteiger partial charge in [-0.3, -0.25) is 4.72 Å². The van der Waals surface area contributed by atoms with Crippen LogP contribution in [0.25, 0.3) is 0 Å². The van der Waals surface area contributed by atoms with Crippen molar-refractivity contribution >= 4 is 27.5 Å². The van der Waals surface area contributed by atoms with E-state index in [9.17, 15) is 22.0 Å². The summed E-state index contributed by atoms with van der Waals surface area (Å²) >= 11 is 0. The van der Waals surface area contributed by atoms with Gasteiger partial charge in [-0.25, -0.2) is 13.2 Å². The van der Waals surface area contributed by atoms with E-state index in [1.807, 2.05) is 11.8 Å². The van der Waals surface area contributed by atoms with Crippen LogP contribution < -0.4 is 14.4 Å². The molecule has 1 aliphatic rings. The number of benzene rings is 2. The van der Waals surface area contributed by atoms with Crippen LogP contribution in [0.15, 0.2) is 47.4 Å². The molecule has 1 amide bonds. The van der Waals surface area contributed by atoms with E-state index in [4.69, 9.17) is 5.11 Å². The number of nitrogens with zero attached hydrogens (tertiary/aromatic N) is 2. The molecule has 2 aromatic rings. The summed E-state index contributed by atoms with van der Waals surface area (Å²) in [6.45, 7) is 0.482. The lowest BCUT2D eigenvalue weighted by Crippen LogP contribution is -2.48. The predicted octanol–water partition coefficient (Wildman–Crippen LogP) is 3.20. The zero-order valence-electron chi connectivity index (χ0n) is 16.1. The van der Waals surface area contributed by atoms with Crippen molar-refractivity contribution in [2.24, 2.45) is 0 Å². The van der Waals surface area contributed by atoms with Gasteiger partial charge in [0.25, 0.3) is 10.0 Å². The van der Waals surface area contributed by atoms with Crippen molar-refractivity contribution in [1.82, 2.24) is 4.90 Å². The van der Waals surface area contributed by atoms with Gasteiger partial charge in [0.2, 0.25) is 0 Å². The van der Waals surface area contributed by atoms with Gasteiger partial charge in [-0.15, -0.1) is 0 Å². The van der Waals surface area contributed by atoms with Crippen molar-refractivity contribution in [3.05, 3.63) is 48.0 Å². The van der Waals surface area contributed by atoms with Crippen molar-refractivity contribution in [3.8, 4) is 5.75 Å². The van der Waals surface area contributed by atoms with E-state index in [0.29, 0.717) is 31.9 Å². The maximum absolute atomic E-state index is 12.7. The van der Waals surface area contributed by atoms with Gasteiger partial charge in [0.15, 0.2) is 0 Å². The number of piperazine rings is 1. The zero-order valence-corrected chi connectivity index (χ0v) is 16.9. The number of anilines is 2. The number of rotatable bonds is 6. The monoisotopic (exact) mass is 441 g/mol. The highest BCUT2D eigenvalue weighted by Gasteiger charge is 2.22. The van der Waals surface area contributed by atoms with E-state index in [0.717, 1.165) is 17.3 Å². The van der Waals surface area contributed by atoms with Crippen LogP contribution in [0.5, 0.6) is 5.75 Å². The molecule has 2 N–H and O–H groups in total. The zero-order chi connectivity index (χ0) is 21.9. The molecule has 0 unspecified atom stereocenters. The van der Waals surface area contributed by atoms with Crippen LogP contribution in [0.2, 0.25) is 0 Å². The summed E-state index contributed by atoms with van der Waals surface area (Å²) in [6, 6.07) is 9.88. The lowest BCUT2D eigenvalue weighted by Gasteiger charge is -2.35. The van der Waals surface area contributed by atoms with E-state index >= 15 is 0 Å². The summed E-state index contributed by atoms with van der Waals surface area (Å²) in [6.07, 6.45) is -0.967. The van der Waals surface area contributed by atoms with Gasteiger partial charge in [-0.1, -0.05) is 12.1 Å². The molecular formula is C19H21F2N3O5S. The quantitative estimate of drug-likeness (QED) is 0.714. The summed E-state index contributed by atoms with van der Waals surface area (Å²) in [4.78, 5) is 14.2. The van der Waals surface area contributed by atoms with Crippen LogP contribution >= 0.6 is 0 Å². The third-order valence-corrected chi connectivity index (χ3v) is 6.07. The Hall–Kier alpha value is -3.08. The van der Waals surface area contributed by atoms with E-state index in [1.165, 1.54) is 23.1 Å². The number of halogens is 2. The topological polar surface area (TPSA) is 99.2 Å². The fraction of sp³-hybridized carbons (Fsp3) is 0.316. The molecule has 0 aliphatic carbocycles. The molecule has 1 saturated heterocycles. The van der Waals surface area contributed by atoms with Gasteiger partial charge in [0.05, 0.1) is 10.6 Å². The lowest BCUT2D eigenvalue weighted by atomic mass is 10.1. The first-order chi connectivity index (χ1) is 14.2. The first-order valence-corrected chi connectivity index (χ1v) is 10.6. The van der Waals surface area contributed by atoms with Gasteiger partial charge < -0.3 is 19.6 Å². The number of sulfonamides is 1. The Morgan fingerprint density at radius 2 is 1.83 bits per heavy atom. The summed E-state index contributed by atoms with van der Waals surface area (Å²) < 4.78 is 56.9. The number of nitrogens with one attached hydrogen (secondary N) is 1. The Labute approximate surface area is 172 Å². The van der Waals surface area contributed by atoms with E-state index in [1.54, 1.807) is 18.2 Å². The van der Waals surface area contributed by atoms with E-state index < -0.39 is 22.7 Å². The fourth-order valence-corrected chi connectivity index (χ4v) is 4.27. The predicted molar refractivity (Wildman–Crippen MR) is 107 cm³/mol. The molecule has 0 aromatic heterocycles. The fourth-order valence-electron chi connectivity index (χ4n) is 3.18. The second-order valence-electron chi connectivity index (χ2n) is 6.72. The Kier molecular flexibility index (Phi) is 6.30. The van der Waals surface area contributed by atoms with Crippen molar-refractivity contribution in [3.63, 3.8) is 0 Å². The average molecular weight is 441 g/mol. The molecule has 162 valence electrons. The molecule has 1 fully saturated rings. The number of carboxylic acid groups (broad SMARTS) is 1. The Morgan fingerprint density at radius 3 is 2.47 bits per heavy atom. The molecular weight excluding hydrogens is 420 g/mol. The molecule has 11 heteroatoms. The molecule has 0 bridgehead atoms. The minimum atomic E-state index is -4.03. The molecule has 0 saturated carbocycles. The van der Waals surface area contributed by atoms with Gasteiger partial charge in [0, 0.05) is 37.9 Å². The minimum absolute atomic E-state index is 0.210. The third kappa shape index (κ3) is 5.09. The van der Waals surface area contributed by atoms with Crippen LogP contribution in [0.4, 0.5) is 25.0 Å². The van der Waals surface area contributed by atoms with Gasteiger partial charge in [0.1, 0.15) is 5.75 Å². The number of hydrogen-bond acceptors (Lipinski definition) is 5. The summed E-state index contributed by atoms with van der Waals surface area (Å²) in [7, 11) is -4.03. The highest BCUT2D eigenvalue weighted by molar-refractivity contribution is 7.92. The van der Waals surface area contributed by atoms with Gasteiger partial charge in [-0.05, 0) is 36.8 Å². The third-order valence-electron chi connectivity index (χ3n) is 4.69. The lowest BCUT2D eigenvalue weighted by molar-refractivity contribution is -0.0500. The largest absolute Gasteiger partial charge is 0.465 e. The van der Waals surface area contributed by atoms with Crippen LogP contribution in [0, 0.1) is 6.92 Å². The number of carbonyl (C=O) groups is 1. The Bertz CT molecular complexity index is 1020. The number of hydrogen-bond donors (Lipinski definition) is 2. The minimum Gasteiger partial charge on any atom is -0.465 e.